The number of carboxylic acid groups (broad SMARTS) is 2. The number of nitrogens with zero attached hydrogens (tertiary/aromatic N) is 2. The van der Waals surface area contributed by atoms with Gasteiger partial charge in [-0.2, -0.15) is 0 Å². The highest BCUT2D eigenvalue weighted by Crippen LogP contribution is 2.20. The maximum Gasteiger partial charge on any atom is 0.414 e. The lowest BCUT2D eigenvalue weighted by molar-refractivity contribution is -0.159. The summed E-state index contributed by atoms with van der Waals surface area (Å²) in [6, 6.07) is 6.21. The third-order valence-electron chi connectivity index (χ3n) is 3.30. The number of ether oxygens (including phenoxy) is 2. The van der Waals surface area contributed by atoms with Gasteiger partial charge in [0, 0.05) is 18.9 Å². The minimum absolute atomic E-state index is 0.553. The summed E-state index contributed by atoms with van der Waals surface area (Å²) >= 11 is 0. The lowest BCUT2D eigenvalue weighted by Crippen LogP contribution is -2.11. The number of carbonyl (C=O) groups is 2. The second-order valence-corrected chi connectivity index (χ2v) is 5.48. The number of hydrogen-bond acceptors (Lipinski definition) is 5. The van der Waals surface area contributed by atoms with Crippen LogP contribution in [-0.2, 0) is 27.3 Å². The van der Waals surface area contributed by atoms with Gasteiger partial charge in [-0.25, -0.2) is 14.6 Å². The van der Waals surface area contributed by atoms with Crippen LogP contribution in [0.1, 0.15) is 11.1 Å². The van der Waals surface area contributed by atoms with E-state index in [0.29, 0.717) is 19.8 Å². The Labute approximate surface area is 157 Å². The Morgan fingerprint density at radius 1 is 1.22 bits per heavy atom. The van der Waals surface area contributed by atoms with Gasteiger partial charge in [-0.05, 0) is 25.0 Å². The summed E-state index contributed by atoms with van der Waals surface area (Å²) in [5.74, 6) is -2.73. The lowest BCUT2D eigenvalue weighted by Gasteiger charge is -2.11. The fraction of sp³-hybridized carbons (Fsp3) is 0.316. The first kappa shape index (κ1) is 21.9. The molecule has 0 saturated carbocycles. The fourth-order valence-electron chi connectivity index (χ4n) is 2.07. The van der Waals surface area contributed by atoms with E-state index in [2.05, 4.69) is 30.6 Å². The predicted molar refractivity (Wildman–Crippen MR) is 98.9 cm³/mol. The molecule has 0 aliphatic carbocycles. The van der Waals surface area contributed by atoms with Crippen LogP contribution in [0.15, 0.2) is 49.6 Å². The van der Waals surface area contributed by atoms with E-state index in [1.54, 1.807) is 12.5 Å². The van der Waals surface area contributed by atoms with Crippen molar-refractivity contribution in [2.75, 3.05) is 19.8 Å². The molecule has 0 atom stereocenters. The number of imidazole rings is 1. The molecule has 8 heteroatoms. The van der Waals surface area contributed by atoms with E-state index in [-0.39, 0.29) is 0 Å². The highest BCUT2D eigenvalue weighted by molar-refractivity contribution is 6.27. The molecule has 0 fully saturated rings. The SMILES string of the molecule is C=CCc1cc(C)ccc1OCCOCCn1ccnc1.O=C(O)C(=O)O. The van der Waals surface area contributed by atoms with Crippen molar-refractivity contribution in [2.24, 2.45) is 0 Å². The van der Waals surface area contributed by atoms with Crippen molar-refractivity contribution in [3.8, 4) is 5.75 Å². The maximum absolute atomic E-state index is 9.10. The number of aryl methyl sites for hydroxylation is 1. The fourth-order valence-corrected chi connectivity index (χ4v) is 2.07. The lowest BCUT2D eigenvalue weighted by atomic mass is 10.1. The minimum Gasteiger partial charge on any atom is -0.491 e. The van der Waals surface area contributed by atoms with Gasteiger partial charge in [0.2, 0.25) is 0 Å². The van der Waals surface area contributed by atoms with Crippen molar-refractivity contribution in [1.29, 1.82) is 0 Å². The first-order valence-electron chi connectivity index (χ1n) is 8.27. The first-order chi connectivity index (χ1) is 12.9. The van der Waals surface area contributed by atoms with Crippen LogP contribution in [0.4, 0.5) is 0 Å². The van der Waals surface area contributed by atoms with Gasteiger partial charge in [0.25, 0.3) is 0 Å². The van der Waals surface area contributed by atoms with Crippen LogP contribution in [0.5, 0.6) is 5.75 Å². The molecule has 8 nitrogen and oxygen atoms in total. The van der Waals surface area contributed by atoms with Crippen molar-refractivity contribution in [3.05, 3.63) is 60.7 Å². The van der Waals surface area contributed by atoms with Crippen LogP contribution >= 0.6 is 0 Å². The Morgan fingerprint density at radius 3 is 2.56 bits per heavy atom. The molecule has 2 rings (SSSR count). The van der Waals surface area contributed by atoms with Gasteiger partial charge in [-0.1, -0.05) is 23.8 Å². The molecule has 27 heavy (non-hydrogen) atoms. The Bertz CT molecular complexity index is 716. The third kappa shape index (κ3) is 9.22. The van der Waals surface area contributed by atoms with Crippen molar-refractivity contribution >= 4 is 11.9 Å². The molecule has 0 radical (unpaired) electrons. The van der Waals surface area contributed by atoms with E-state index in [4.69, 9.17) is 29.3 Å². The van der Waals surface area contributed by atoms with Crippen LogP contribution in [0.3, 0.4) is 0 Å². The van der Waals surface area contributed by atoms with Gasteiger partial charge in [0.1, 0.15) is 12.4 Å². The number of benzene rings is 1. The molecule has 2 N–H and O–H groups in total. The first-order valence-corrected chi connectivity index (χ1v) is 8.27. The van der Waals surface area contributed by atoms with Crippen molar-refractivity contribution in [1.82, 2.24) is 9.55 Å². The summed E-state index contributed by atoms with van der Waals surface area (Å²) in [6.07, 6.45) is 8.19. The maximum atomic E-state index is 9.10. The molecule has 0 aliphatic heterocycles. The van der Waals surface area contributed by atoms with Crippen LogP contribution < -0.4 is 4.74 Å². The molecule has 0 bridgehead atoms. The van der Waals surface area contributed by atoms with Gasteiger partial charge in [-0.15, -0.1) is 6.58 Å². The van der Waals surface area contributed by atoms with Crippen molar-refractivity contribution in [3.63, 3.8) is 0 Å². The average molecular weight is 376 g/mol. The van der Waals surface area contributed by atoms with Gasteiger partial charge in [0.15, 0.2) is 0 Å². The summed E-state index contributed by atoms with van der Waals surface area (Å²) in [4.78, 5) is 22.2. The van der Waals surface area contributed by atoms with Crippen LogP contribution in [0.2, 0.25) is 0 Å². The Kier molecular flexibility index (Phi) is 9.95. The topological polar surface area (TPSA) is 111 Å². The largest absolute Gasteiger partial charge is 0.491 e. The van der Waals surface area contributed by atoms with Crippen LogP contribution in [-0.4, -0.2) is 51.5 Å². The number of carboxylic acids is 2. The number of allylic oxidation sites excluding steroid dienone is 1. The predicted octanol–water partition coefficient (Wildman–Crippen LogP) is 2.17. The highest BCUT2D eigenvalue weighted by atomic mass is 16.5. The highest BCUT2D eigenvalue weighted by Gasteiger charge is 2.04. The number of hydrogen-bond donors (Lipinski definition) is 2. The molecule has 146 valence electrons. The number of aliphatic carboxylic acids is 2. The smallest absolute Gasteiger partial charge is 0.414 e. The Balaban J connectivity index is 0.000000527. The zero-order chi connectivity index (χ0) is 20.1. The molecule has 2 aromatic rings. The standard InChI is InChI=1S/C17H22N2O2.C2H2O4/c1-3-4-16-13-15(2)5-6-17(16)21-12-11-20-10-9-19-8-7-18-14-19;3-1(4)2(5)6/h3,5-8,13-14H,1,4,9-12H2,2H3;(H,3,4)(H,5,6). The van der Waals surface area contributed by atoms with E-state index in [9.17, 15) is 0 Å². The molecule has 0 spiro atoms. The molecule has 0 aliphatic rings. The van der Waals surface area contributed by atoms with Gasteiger partial charge in [0.05, 0.1) is 19.5 Å². The molecule has 1 aromatic carbocycles. The molecule has 0 amide bonds. The average Bonchev–Trinajstić information content (AvgIpc) is 3.13. The third-order valence-corrected chi connectivity index (χ3v) is 3.30. The summed E-state index contributed by atoms with van der Waals surface area (Å²) in [7, 11) is 0. The zero-order valence-corrected chi connectivity index (χ0v) is 15.2. The van der Waals surface area contributed by atoms with Crippen LogP contribution in [0, 0.1) is 6.92 Å². The molecule has 1 heterocycles. The van der Waals surface area contributed by atoms with E-state index in [1.807, 2.05) is 22.9 Å². The number of rotatable bonds is 9. The van der Waals surface area contributed by atoms with Crippen molar-refractivity contribution < 1.29 is 29.3 Å². The van der Waals surface area contributed by atoms with E-state index in [1.165, 1.54) is 11.1 Å². The Hall–Kier alpha value is -3.13. The molecular formula is C19H24N2O6. The number of aromatic nitrogens is 2. The second-order valence-electron chi connectivity index (χ2n) is 5.48. The normalized spacial score (nSPS) is 9.81. The summed E-state index contributed by atoms with van der Waals surface area (Å²) in [5.41, 5.74) is 2.40. The molecule has 0 unspecified atom stereocenters. The van der Waals surface area contributed by atoms with Gasteiger partial charge < -0.3 is 24.3 Å². The quantitative estimate of drug-likeness (QED) is 0.392. The summed E-state index contributed by atoms with van der Waals surface area (Å²) in [5, 5.41) is 14.8. The zero-order valence-electron chi connectivity index (χ0n) is 15.2. The van der Waals surface area contributed by atoms with Gasteiger partial charge in [-0.3, -0.25) is 0 Å². The van der Waals surface area contributed by atoms with Crippen molar-refractivity contribution in [2.45, 2.75) is 19.9 Å². The van der Waals surface area contributed by atoms with E-state index < -0.39 is 11.9 Å². The molecule has 0 saturated heterocycles. The summed E-state index contributed by atoms with van der Waals surface area (Å²) < 4.78 is 13.3. The second kappa shape index (κ2) is 12.3. The Morgan fingerprint density at radius 2 is 1.96 bits per heavy atom. The van der Waals surface area contributed by atoms with Crippen LogP contribution in [0.25, 0.3) is 0 Å². The minimum atomic E-state index is -1.82. The summed E-state index contributed by atoms with van der Waals surface area (Å²) in [6.45, 7) is 8.47. The van der Waals surface area contributed by atoms with E-state index in [0.717, 1.165) is 18.7 Å². The van der Waals surface area contributed by atoms with Gasteiger partial charge >= 0.3 is 11.9 Å². The molecular weight excluding hydrogens is 352 g/mol. The van der Waals surface area contributed by atoms with E-state index >= 15 is 0 Å². The monoisotopic (exact) mass is 376 g/mol. The molecule has 1 aromatic heterocycles.